The Balaban J connectivity index is 1.35. The number of pyridine rings is 1. The summed E-state index contributed by atoms with van der Waals surface area (Å²) >= 11 is 0. The highest BCUT2D eigenvalue weighted by Gasteiger charge is 2.17. The third kappa shape index (κ3) is 3.39. The molecule has 39 heavy (non-hydrogen) atoms. The highest BCUT2D eigenvalue weighted by Crippen LogP contribution is 2.44. The maximum Gasteiger partial charge on any atom is 0.143 e. The summed E-state index contributed by atoms with van der Waals surface area (Å²) in [7, 11) is 0. The molecule has 0 saturated carbocycles. The van der Waals surface area contributed by atoms with E-state index < -0.39 is 0 Å². The number of fused-ring (bicyclic) bond motifs is 5. The molecule has 2 heteroatoms. The van der Waals surface area contributed by atoms with Crippen LogP contribution in [0.25, 0.3) is 76.9 Å². The minimum Gasteiger partial charge on any atom is -0.455 e. The lowest BCUT2D eigenvalue weighted by molar-refractivity contribution is 0.670. The molecule has 0 atom stereocenters. The maximum absolute atomic E-state index is 6.32. The molecule has 8 rings (SSSR count). The lowest BCUT2D eigenvalue weighted by Crippen LogP contribution is -1.91. The van der Waals surface area contributed by atoms with E-state index in [9.17, 15) is 0 Å². The quantitative estimate of drug-likeness (QED) is 0.227. The standard InChI is InChI=1S/C37H23NO/c1-3-11-31-29(9-1)35(30-10-2-4-12-32(30)36(31)26-20-22-38-23-21-26)25-18-16-24(17-19-25)27-13-7-14-33-28-8-5-6-15-34(28)39-37(27)33/h1-23H. The number of hydrogen-bond donors (Lipinski definition) is 0. The van der Waals surface area contributed by atoms with Crippen molar-refractivity contribution < 1.29 is 4.42 Å². The van der Waals surface area contributed by atoms with Crippen LogP contribution in [0.4, 0.5) is 0 Å². The van der Waals surface area contributed by atoms with Gasteiger partial charge in [0.15, 0.2) is 0 Å². The first-order chi connectivity index (χ1) is 19.4. The highest BCUT2D eigenvalue weighted by atomic mass is 16.3. The molecule has 0 saturated heterocycles. The Morgan fingerprint density at radius 3 is 1.49 bits per heavy atom. The third-order valence-electron chi connectivity index (χ3n) is 7.79. The van der Waals surface area contributed by atoms with E-state index in [1.165, 1.54) is 43.8 Å². The third-order valence-corrected chi connectivity index (χ3v) is 7.79. The molecule has 2 heterocycles. The van der Waals surface area contributed by atoms with Crippen molar-refractivity contribution in [2.45, 2.75) is 0 Å². The molecule has 0 N–H and O–H groups in total. The fourth-order valence-corrected chi connectivity index (χ4v) is 6.06. The molecule has 182 valence electrons. The number of aromatic nitrogens is 1. The maximum atomic E-state index is 6.32. The van der Waals surface area contributed by atoms with E-state index in [1.54, 1.807) is 0 Å². The van der Waals surface area contributed by atoms with Crippen LogP contribution in [-0.4, -0.2) is 4.98 Å². The summed E-state index contributed by atoms with van der Waals surface area (Å²) in [6.07, 6.45) is 3.74. The number of para-hydroxylation sites is 2. The number of furan rings is 1. The van der Waals surface area contributed by atoms with Crippen molar-refractivity contribution >= 4 is 43.5 Å². The lowest BCUT2D eigenvalue weighted by Gasteiger charge is -2.17. The predicted octanol–water partition coefficient (Wildman–Crippen LogP) is 10.3. The van der Waals surface area contributed by atoms with E-state index in [4.69, 9.17) is 4.42 Å². The van der Waals surface area contributed by atoms with Crippen molar-refractivity contribution in [3.8, 4) is 33.4 Å². The van der Waals surface area contributed by atoms with E-state index in [1.807, 2.05) is 24.5 Å². The molecule has 0 bridgehead atoms. The van der Waals surface area contributed by atoms with Gasteiger partial charge in [0, 0.05) is 28.7 Å². The number of rotatable bonds is 3. The molecular weight excluding hydrogens is 474 g/mol. The van der Waals surface area contributed by atoms with Gasteiger partial charge in [-0.25, -0.2) is 0 Å². The minimum absolute atomic E-state index is 0.920. The summed E-state index contributed by atoms with van der Waals surface area (Å²) in [5.41, 5.74) is 8.99. The van der Waals surface area contributed by atoms with Crippen LogP contribution in [0.5, 0.6) is 0 Å². The molecule has 0 aliphatic carbocycles. The van der Waals surface area contributed by atoms with Gasteiger partial charge in [-0.3, -0.25) is 4.98 Å². The molecule has 0 unspecified atom stereocenters. The molecule has 8 aromatic rings. The Morgan fingerprint density at radius 2 is 0.872 bits per heavy atom. The van der Waals surface area contributed by atoms with Gasteiger partial charge in [-0.05, 0) is 67.6 Å². The van der Waals surface area contributed by atoms with Crippen molar-refractivity contribution in [3.05, 3.63) is 140 Å². The second kappa shape index (κ2) is 8.68. The van der Waals surface area contributed by atoms with E-state index in [0.717, 1.165) is 33.1 Å². The van der Waals surface area contributed by atoms with Crippen molar-refractivity contribution in [2.24, 2.45) is 0 Å². The van der Waals surface area contributed by atoms with Gasteiger partial charge in [-0.15, -0.1) is 0 Å². The lowest BCUT2D eigenvalue weighted by atomic mass is 9.86. The Morgan fingerprint density at radius 1 is 0.385 bits per heavy atom. The number of benzene rings is 6. The highest BCUT2D eigenvalue weighted by molar-refractivity contribution is 6.21. The second-order valence-electron chi connectivity index (χ2n) is 9.93. The largest absolute Gasteiger partial charge is 0.455 e. The van der Waals surface area contributed by atoms with Crippen molar-refractivity contribution in [2.75, 3.05) is 0 Å². The first kappa shape index (κ1) is 21.8. The van der Waals surface area contributed by atoms with Gasteiger partial charge in [0.05, 0.1) is 0 Å². The van der Waals surface area contributed by atoms with Crippen LogP contribution in [0.2, 0.25) is 0 Å². The summed E-state index contributed by atoms with van der Waals surface area (Å²) < 4.78 is 6.32. The molecule has 2 nitrogen and oxygen atoms in total. The Bertz CT molecular complexity index is 2100. The summed E-state index contributed by atoms with van der Waals surface area (Å²) in [5, 5.41) is 7.28. The van der Waals surface area contributed by atoms with E-state index in [0.29, 0.717) is 0 Å². The second-order valence-corrected chi connectivity index (χ2v) is 9.93. The van der Waals surface area contributed by atoms with E-state index in [-0.39, 0.29) is 0 Å². The van der Waals surface area contributed by atoms with Crippen LogP contribution in [0.1, 0.15) is 0 Å². The van der Waals surface area contributed by atoms with Gasteiger partial charge in [-0.1, -0.05) is 109 Å². The Kier molecular flexibility index (Phi) is 4.86. The zero-order chi connectivity index (χ0) is 25.8. The molecule has 0 spiro atoms. The summed E-state index contributed by atoms with van der Waals surface area (Å²) in [5.74, 6) is 0. The van der Waals surface area contributed by atoms with Gasteiger partial charge < -0.3 is 4.42 Å². The summed E-state index contributed by atoms with van der Waals surface area (Å²) in [6.45, 7) is 0. The molecule has 0 aliphatic rings. The average Bonchev–Trinajstić information content (AvgIpc) is 3.39. The smallest absolute Gasteiger partial charge is 0.143 e. The molecule has 2 aromatic heterocycles. The molecule has 0 amide bonds. The molecular formula is C37H23NO. The number of hydrogen-bond acceptors (Lipinski definition) is 2. The van der Waals surface area contributed by atoms with Gasteiger partial charge in [0.1, 0.15) is 11.2 Å². The van der Waals surface area contributed by atoms with Gasteiger partial charge >= 0.3 is 0 Å². The van der Waals surface area contributed by atoms with Crippen LogP contribution in [0.3, 0.4) is 0 Å². The first-order valence-corrected chi connectivity index (χ1v) is 13.2. The van der Waals surface area contributed by atoms with Gasteiger partial charge in [-0.2, -0.15) is 0 Å². The van der Waals surface area contributed by atoms with Crippen LogP contribution >= 0.6 is 0 Å². The van der Waals surface area contributed by atoms with E-state index in [2.05, 4.69) is 120 Å². The minimum atomic E-state index is 0.920. The Labute approximate surface area is 225 Å². The average molecular weight is 498 g/mol. The van der Waals surface area contributed by atoms with Gasteiger partial charge in [0.2, 0.25) is 0 Å². The Hall–Kier alpha value is -5.21. The topological polar surface area (TPSA) is 26.0 Å². The van der Waals surface area contributed by atoms with Crippen LogP contribution in [0, 0.1) is 0 Å². The molecule has 0 aliphatic heterocycles. The van der Waals surface area contributed by atoms with Crippen LogP contribution < -0.4 is 0 Å². The van der Waals surface area contributed by atoms with Crippen molar-refractivity contribution in [1.82, 2.24) is 4.98 Å². The fourth-order valence-electron chi connectivity index (χ4n) is 6.06. The normalized spacial score (nSPS) is 11.6. The molecule has 0 radical (unpaired) electrons. The zero-order valence-corrected chi connectivity index (χ0v) is 21.1. The van der Waals surface area contributed by atoms with Crippen LogP contribution in [0.15, 0.2) is 144 Å². The van der Waals surface area contributed by atoms with Crippen molar-refractivity contribution in [1.29, 1.82) is 0 Å². The molecule has 6 aromatic carbocycles. The molecule has 0 fully saturated rings. The predicted molar refractivity (Wildman–Crippen MR) is 163 cm³/mol. The SMILES string of the molecule is c1ccc2c(c1)oc1c(-c3ccc(-c4c5ccccc5c(-c5ccncc5)c5ccccc45)cc3)cccc12. The fraction of sp³-hybridized carbons (Fsp3) is 0. The van der Waals surface area contributed by atoms with Crippen LogP contribution in [-0.2, 0) is 0 Å². The van der Waals surface area contributed by atoms with Crippen molar-refractivity contribution in [3.63, 3.8) is 0 Å². The first-order valence-electron chi connectivity index (χ1n) is 13.2. The summed E-state index contributed by atoms with van der Waals surface area (Å²) in [4.78, 5) is 4.25. The zero-order valence-electron chi connectivity index (χ0n) is 21.1. The summed E-state index contributed by atoms with van der Waals surface area (Å²) in [6, 6.07) is 45.3. The van der Waals surface area contributed by atoms with Gasteiger partial charge in [0.25, 0.3) is 0 Å². The number of nitrogens with zero attached hydrogens (tertiary/aromatic N) is 1. The van der Waals surface area contributed by atoms with E-state index >= 15 is 0 Å². The monoisotopic (exact) mass is 497 g/mol.